The molecule has 0 atom stereocenters. The zero-order valence-electron chi connectivity index (χ0n) is 10.6. The Morgan fingerprint density at radius 2 is 2.05 bits per heavy atom. The zero-order chi connectivity index (χ0) is 13.4. The number of hydrogen-bond donors (Lipinski definition) is 1. The molecule has 1 heterocycles. The summed E-state index contributed by atoms with van der Waals surface area (Å²) in [5, 5.41) is 0. The summed E-state index contributed by atoms with van der Waals surface area (Å²) < 4.78 is 3.14. The minimum absolute atomic E-state index is 0.575. The smallest absolute Gasteiger partial charge is 0.132 e. The largest absolute Gasteiger partial charge is 0.383 e. The van der Waals surface area contributed by atoms with Crippen LogP contribution in [-0.2, 0) is 6.54 Å². The van der Waals surface area contributed by atoms with E-state index < -0.39 is 0 Å². The van der Waals surface area contributed by atoms with E-state index in [1.54, 1.807) is 0 Å². The molecule has 1 fully saturated rings. The molecule has 0 unspecified atom stereocenters. The maximum absolute atomic E-state index is 6.27. The van der Waals surface area contributed by atoms with Crippen molar-refractivity contribution in [3.8, 4) is 11.3 Å². The summed E-state index contributed by atoms with van der Waals surface area (Å²) in [6, 6.07) is 8.10. The zero-order valence-corrected chi connectivity index (χ0v) is 12.2. The van der Waals surface area contributed by atoms with Crippen LogP contribution in [0.25, 0.3) is 11.3 Å². The summed E-state index contributed by atoms with van der Waals surface area (Å²) in [5.74, 6) is 2.42. The van der Waals surface area contributed by atoms with E-state index in [0.29, 0.717) is 5.92 Å². The summed E-state index contributed by atoms with van der Waals surface area (Å²) in [4.78, 5) is 4.77. The molecular formula is C15H16BrN3. The van der Waals surface area contributed by atoms with Crippen LogP contribution >= 0.6 is 15.9 Å². The van der Waals surface area contributed by atoms with Crippen LogP contribution in [0.5, 0.6) is 0 Å². The Kier molecular flexibility index (Phi) is 3.19. The third kappa shape index (κ3) is 2.32. The van der Waals surface area contributed by atoms with Crippen LogP contribution in [0.15, 0.2) is 41.4 Å². The molecule has 0 radical (unpaired) electrons. The predicted octanol–water partition coefficient (Wildman–Crippen LogP) is 3.96. The third-order valence-electron chi connectivity index (χ3n) is 3.41. The highest BCUT2D eigenvalue weighted by Crippen LogP contribution is 2.42. The molecule has 3 nitrogen and oxygen atoms in total. The Balaban J connectivity index is 2.08. The van der Waals surface area contributed by atoms with Gasteiger partial charge in [0, 0.05) is 22.5 Å². The Bertz CT molecular complexity index is 609. The maximum atomic E-state index is 6.27. The van der Waals surface area contributed by atoms with Gasteiger partial charge < -0.3 is 10.3 Å². The van der Waals surface area contributed by atoms with Crippen molar-refractivity contribution < 1.29 is 0 Å². The van der Waals surface area contributed by atoms with E-state index in [2.05, 4.69) is 27.1 Å². The fourth-order valence-corrected chi connectivity index (χ4v) is 2.54. The minimum Gasteiger partial charge on any atom is -0.383 e. The van der Waals surface area contributed by atoms with Crippen LogP contribution in [-0.4, -0.2) is 9.55 Å². The van der Waals surface area contributed by atoms with Gasteiger partial charge in [-0.2, -0.15) is 0 Å². The number of benzene rings is 1. The van der Waals surface area contributed by atoms with E-state index in [0.717, 1.165) is 33.9 Å². The van der Waals surface area contributed by atoms with Crippen LogP contribution in [0, 0.1) is 0 Å². The second kappa shape index (κ2) is 4.85. The summed E-state index contributed by atoms with van der Waals surface area (Å²) in [5.41, 5.74) is 8.21. The molecule has 0 amide bonds. The second-order valence-corrected chi connectivity index (χ2v) is 5.80. The van der Waals surface area contributed by atoms with Gasteiger partial charge in [-0.1, -0.05) is 34.1 Å². The highest BCUT2D eigenvalue weighted by Gasteiger charge is 2.30. The number of halogens is 1. The van der Waals surface area contributed by atoms with E-state index >= 15 is 0 Å². The molecule has 0 spiro atoms. The van der Waals surface area contributed by atoms with Crippen molar-refractivity contribution in [3.05, 3.63) is 47.2 Å². The SMILES string of the molecule is C=CCn1c(C2CC2)nc(-c2ccc(Br)cc2)c1N. The van der Waals surface area contributed by atoms with Gasteiger partial charge in [-0.15, -0.1) is 6.58 Å². The molecule has 1 aliphatic rings. The molecular weight excluding hydrogens is 302 g/mol. The topological polar surface area (TPSA) is 43.8 Å². The van der Waals surface area contributed by atoms with Crippen LogP contribution in [0.4, 0.5) is 5.82 Å². The normalized spacial score (nSPS) is 14.6. The van der Waals surface area contributed by atoms with Crippen molar-refractivity contribution in [2.45, 2.75) is 25.3 Å². The molecule has 2 aromatic rings. The molecule has 98 valence electrons. The fourth-order valence-electron chi connectivity index (χ4n) is 2.28. The number of nitrogens with zero attached hydrogens (tertiary/aromatic N) is 2. The third-order valence-corrected chi connectivity index (χ3v) is 3.94. The summed E-state index contributed by atoms with van der Waals surface area (Å²) in [7, 11) is 0. The number of imidazole rings is 1. The first-order valence-electron chi connectivity index (χ1n) is 6.43. The number of hydrogen-bond acceptors (Lipinski definition) is 2. The van der Waals surface area contributed by atoms with E-state index in [1.807, 2.05) is 30.3 Å². The Labute approximate surface area is 121 Å². The number of rotatable bonds is 4. The fraction of sp³-hybridized carbons (Fsp3) is 0.267. The Hall–Kier alpha value is -1.55. The number of aromatic nitrogens is 2. The standard InChI is InChI=1S/C15H16BrN3/c1-2-9-19-14(17)13(18-15(19)11-3-4-11)10-5-7-12(16)8-6-10/h2,5-8,11H,1,3-4,9,17H2. The van der Waals surface area contributed by atoms with E-state index in [1.165, 1.54) is 12.8 Å². The average molecular weight is 318 g/mol. The molecule has 0 aliphatic heterocycles. The molecule has 1 aromatic carbocycles. The summed E-state index contributed by atoms with van der Waals surface area (Å²) in [6.07, 6.45) is 4.30. The van der Waals surface area contributed by atoms with Crippen LogP contribution < -0.4 is 5.73 Å². The van der Waals surface area contributed by atoms with Crippen molar-refractivity contribution >= 4 is 21.7 Å². The van der Waals surface area contributed by atoms with Gasteiger partial charge >= 0.3 is 0 Å². The highest BCUT2D eigenvalue weighted by molar-refractivity contribution is 9.10. The first-order chi connectivity index (χ1) is 9.20. The van der Waals surface area contributed by atoms with Crippen molar-refractivity contribution in [1.82, 2.24) is 9.55 Å². The molecule has 1 aromatic heterocycles. The van der Waals surface area contributed by atoms with Crippen molar-refractivity contribution in [2.75, 3.05) is 5.73 Å². The van der Waals surface area contributed by atoms with E-state index in [9.17, 15) is 0 Å². The Morgan fingerprint density at radius 1 is 1.37 bits per heavy atom. The first-order valence-corrected chi connectivity index (χ1v) is 7.22. The first kappa shape index (κ1) is 12.5. The molecule has 1 aliphatic carbocycles. The average Bonchev–Trinajstić information content (AvgIpc) is 3.19. The van der Waals surface area contributed by atoms with Gasteiger partial charge in [0.25, 0.3) is 0 Å². The lowest BCUT2D eigenvalue weighted by molar-refractivity contribution is 0.750. The minimum atomic E-state index is 0.575. The monoisotopic (exact) mass is 317 g/mol. The van der Waals surface area contributed by atoms with Gasteiger partial charge in [-0.05, 0) is 25.0 Å². The quantitative estimate of drug-likeness (QED) is 0.867. The molecule has 2 N–H and O–H groups in total. The predicted molar refractivity (Wildman–Crippen MR) is 81.9 cm³/mol. The Morgan fingerprint density at radius 3 is 2.63 bits per heavy atom. The molecule has 3 rings (SSSR count). The lowest BCUT2D eigenvalue weighted by Crippen LogP contribution is -2.05. The van der Waals surface area contributed by atoms with Crippen molar-refractivity contribution in [2.24, 2.45) is 0 Å². The van der Waals surface area contributed by atoms with Crippen molar-refractivity contribution in [1.29, 1.82) is 0 Å². The van der Waals surface area contributed by atoms with Gasteiger partial charge in [-0.25, -0.2) is 4.98 Å². The van der Waals surface area contributed by atoms with E-state index in [-0.39, 0.29) is 0 Å². The van der Waals surface area contributed by atoms with Crippen molar-refractivity contribution in [3.63, 3.8) is 0 Å². The number of nitrogen functional groups attached to an aromatic ring is 1. The lowest BCUT2D eigenvalue weighted by Gasteiger charge is -2.05. The van der Waals surface area contributed by atoms with Gasteiger partial charge in [0.2, 0.25) is 0 Å². The van der Waals surface area contributed by atoms with Gasteiger partial charge in [0.1, 0.15) is 17.3 Å². The van der Waals surface area contributed by atoms with E-state index in [4.69, 9.17) is 10.7 Å². The van der Waals surface area contributed by atoms with Gasteiger partial charge in [-0.3, -0.25) is 0 Å². The lowest BCUT2D eigenvalue weighted by atomic mass is 10.1. The summed E-state index contributed by atoms with van der Waals surface area (Å²) in [6.45, 7) is 4.52. The number of anilines is 1. The highest BCUT2D eigenvalue weighted by atomic mass is 79.9. The van der Waals surface area contributed by atoms with Crippen LogP contribution in [0.1, 0.15) is 24.6 Å². The van der Waals surface area contributed by atoms with Crippen LogP contribution in [0.3, 0.4) is 0 Å². The number of allylic oxidation sites excluding steroid dienone is 1. The molecule has 1 saturated carbocycles. The van der Waals surface area contributed by atoms with Crippen LogP contribution in [0.2, 0.25) is 0 Å². The number of nitrogens with two attached hydrogens (primary N) is 1. The molecule has 4 heteroatoms. The molecule has 19 heavy (non-hydrogen) atoms. The summed E-state index contributed by atoms with van der Waals surface area (Å²) >= 11 is 3.44. The van der Waals surface area contributed by atoms with Gasteiger partial charge in [0.15, 0.2) is 0 Å². The molecule has 0 saturated heterocycles. The maximum Gasteiger partial charge on any atom is 0.132 e. The van der Waals surface area contributed by atoms with Gasteiger partial charge in [0.05, 0.1) is 0 Å². The second-order valence-electron chi connectivity index (χ2n) is 4.88. The molecule has 0 bridgehead atoms.